The van der Waals surface area contributed by atoms with Crippen molar-refractivity contribution in [3.63, 3.8) is 0 Å². The summed E-state index contributed by atoms with van der Waals surface area (Å²) >= 11 is 0. The molecule has 0 bridgehead atoms. The third-order valence-corrected chi connectivity index (χ3v) is 11.0. The minimum absolute atomic E-state index is 0.106. The lowest BCUT2D eigenvalue weighted by Crippen LogP contribution is -2.25. The van der Waals surface area contributed by atoms with Crippen LogP contribution in [0.2, 0.25) is 0 Å². The molecule has 0 atom stereocenters. The Bertz CT molecular complexity index is 2110. The molecule has 0 fully saturated rings. The summed E-state index contributed by atoms with van der Waals surface area (Å²) in [6.45, 7) is 4.63. The van der Waals surface area contributed by atoms with Gasteiger partial charge in [0.2, 0.25) is 0 Å². The van der Waals surface area contributed by atoms with Crippen LogP contribution in [0.5, 0.6) is 0 Å². The fourth-order valence-corrected chi connectivity index (χ4v) is 8.05. The molecule has 2 heteroatoms. The summed E-state index contributed by atoms with van der Waals surface area (Å²) in [5.74, 6) is 0. The van der Waals surface area contributed by atoms with Gasteiger partial charge in [-0.1, -0.05) is 193 Å². The van der Waals surface area contributed by atoms with Gasteiger partial charge in [0.05, 0.1) is 11.4 Å². The van der Waals surface area contributed by atoms with Crippen molar-refractivity contribution in [3.05, 3.63) is 167 Å². The summed E-state index contributed by atoms with van der Waals surface area (Å²) in [4.78, 5) is 9.38. The molecule has 2 nitrogen and oxygen atoms in total. The van der Waals surface area contributed by atoms with Crippen LogP contribution in [0, 0.1) is 0 Å². The molecule has 0 saturated heterocycles. The lowest BCUT2D eigenvalue weighted by atomic mass is 9.70. The topological polar surface area (TPSA) is 25.8 Å². The summed E-state index contributed by atoms with van der Waals surface area (Å²) < 4.78 is 0. The van der Waals surface area contributed by atoms with E-state index in [1.54, 1.807) is 11.1 Å². The summed E-state index contributed by atoms with van der Waals surface area (Å²) in [6, 6.07) is 44.1. The van der Waals surface area contributed by atoms with Gasteiger partial charge in [0.15, 0.2) is 0 Å². The van der Waals surface area contributed by atoms with Crippen LogP contribution >= 0.6 is 0 Å². The van der Waals surface area contributed by atoms with Crippen LogP contribution < -0.4 is 0 Å². The van der Waals surface area contributed by atoms with Crippen LogP contribution in [0.3, 0.4) is 0 Å². The molecule has 0 aliphatic heterocycles. The molecule has 0 unspecified atom stereocenters. The zero-order chi connectivity index (χ0) is 36.3. The highest BCUT2D eigenvalue weighted by Crippen LogP contribution is 2.55. The zero-order valence-electron chi connectivity index (χ0n) is 31.5. The lowest BCUT2D eigenvalue weighted by Gasteiger charge is -2.33. The normalized spacial score (nSPS) is 13.1. The van der Waals surface area contributed by atoms with E-state index in [1.165, 1.54) is 97.6 Å². The summed E-state index contributed by atoms with van der Waals surface area (Å²) in [5, 5.41) is 0. The van der Waals surface area contributed by atoms with E-state index in [-0.39, 0.29) is 5.41 Å². The number of benzene rings is 4. The van der Waals surface area contributed by atoms with Gasteiger partial charge in [0.25, 0.3) is 0 Å². The quantitative estimate of drug-likeness (QED) is 0.0944. The molecule has 1 aliphatic rings. The van der Waals surface area contributed by atoms with E-state index in [0.717, 1.165) is 22.5 Å². The summed E-state index contributed by atoms with van der Waals surface area (Å²) in [6.07, 6.45) is 25.2. The number of nitrogens with zero attached hydrogens (tertiary/aromatic N) is 2. The van der Waals surface area contributed by atoms with Crippen molar-refractivity contribution in [1.82, 2.24) is 9.97 Å². The highest BCUT2D eigenvalue weighted by atomic mass is 14.8. The van der Waals surface area contributed by atoms with E-state index in [9.17, 15) is 0 Å². The Balaban J connectivity index is 1.05. The molecular formula is C51H52N2. The minimum atomic E-state index is 0.106. The number of pyridine rings is 2. The monoisotopic (exact) mass is 692 g/mol. The maximum absolute atomic E-state index is 4.72. The van der Waals surface area contributed by atoms with Crippen molar-refractivity contribution in [2.75, 3.05) is 0 Å². The lowest BCUT2D eigenvalue weighted by molar-refractivity contribution is 0.401. The van der Waals surface area contributed by atoms with E-state index in [0.29, 0.717) is 0 Å². The van der Waals surface area contributed by atoms with Crippen molar-refractivity contribution < 1.29 is 0 Å². The van der Waals surface area contributed by atoms with Crippen LogP contribution in [0.25, 0.3) is 57.9 Å². The minimum Gasteiger partial charge on any atom is -0.254 e. The fourth-order valence-electron chi connectivity index (χ4n) is 8.05. The van der Waals surface area contributed by atoms with E-state index >= 15 is 0 Å². The number of rotatable bonds is 16. The first-order valence-corrected chi connectivity index (χ1v) is 19.9. The number of hydrogen-bond acceptors (Lipinski definition) is 2. The summed E-state index contributed by atoms with van der Waals surface area (Å²) in [5.41, 5.74) is 14.9. The average Bonchev–Trinajstić information content (AvgIpc) is 3.49. The maximum atomic E-state index is 4.72. The van der Waals surface area contributed by atoms with Gasteiger partial charge in [0.1, 0.15) is 0 Å². The molecule has 0 radical (unpaired) electrons. The predicted molar refractivity (Wildman–Crippen MR) is 227 cm³/mol. The molecule has 53 heavy (non-hydrogen) atoms. The zero-order valence-corrected chi connectivity index (χ0v) is 31.5. The maximum Gasteiger partial charge on any atom is 0.0886 e. The number of fused-ring (bicyclic) bond motifs is 3. The van der Waals surface area contributed by atoms with Crippen LogP contribution in [-0.4, -0.2) is 9.97 Å². The molecule has 0 N–H and O–H groups in total. The van der Waals surface area contributed by atoms with Crippen LogP contribution in [0.4, 0.5) is 0 Å². The molecule has 0 saturated carbocycles. The van der Waals surface area contributed by atoms with Gasteiger partial charge in [-0.05, 0) is 86.7 Å². The van der Waals surface area contributed by atoms with Crippen molar-refractivity contribution >= 4 is 24.3 Å². The molecule has 2 heterocycles. The Morgan fingerprint density at radius 1 is 0.434 bits per heavy atom. The number of aromatic nitrogens is 2. The van der Waals surface area contributed by atoms with Crippen molar-refractivity contribution in [2.45, 2.75) is 83.5 Å². The number of unbranched alkanes of at least 4 members (excludes halogenated alkanes) is 6. The first kappa shape index (κ1) is 36.0. The molecule has 2 aromatic heterocycles. The Kier molecular flexibility index (Phi) is 11.9. The second kappa shape index (κ2) is 17.5. The van der Waals surface area contributed by atoms with Crippen LogP contribution in [-0.2, 0) is 5.41 Å². The van der Waals surface area contributed by atoms with Crippen molar-refractivity contribution in [2.24, 2.45) is 0 Å². The van der Waals surface area contributed by atoms with Gasteiger partial charge >= 0.3 is 0 Å². The molecule has 4 aromatic carbocycles. The van der Waals surface area contributed by atoms with Gasteiger partial charge < -0.3 is 0 Å². The average molecular weight is 693 g/mol. The third-order valence-electron chi connectivity index (χ3n) is 11.0. The van der Waals surface area contributed by atoms with Gasteiger partial charge in [0, 0.05) is 17.8 Å². The Hall–Kier alpha value is -5.34. The molecular weight excluding hydrogens is 641 g/mol. The third kappa shape index (κ3) is 8.50. The first-order chi connectivity index (χ1) is 26.2. The van der Waals surface area contributed by atoms with Gasteiger partial charge in [-0.2, -0.15) is 0 Å². The Morgan fingerprint density at radius 3 is 1.53 bits per heavy atom. The Morgan fingerprint density at radius 2 is 0.943 bits per heavy atom. The summed E-state index contributed by atoms with van der Waals surface area (Å²) in [7, 11) is 0. The van der Waals surface area contributed by atoms with Crippen LogP contribution in [0.15, 0.2) is 134 Å². The largest absolute Gasteiger partial charge is 0.254 e. The Labute approximate surface area is 317 Å². The standard InChI is InChI=1S/C51H52N2/c1-3-5-7-14-34-51(35-15-8-6-4-2)47-19-13-12-18-45(47)46-31-30-44(36-48(46)51)43-28-24-40(25-29-43)21-23-42-27-33-50(53-38-42)49-32-26-41(37-52-49)22-20-39-16-10-9-11-17-39/h9-13,16-33,36-38H,3-8,14-15,34-35H2,1-2H3/b22-20+,23-21+. The molecule has 0 amide bonds. The van der Waals surface area contributed by atoms with E-state index in [1.807, 2.05) is 42.7 Å². The van der Waals surface area contributed by atoms with Crippen molar-refractivity contribution in [3.8, 4) is 33.6 Å². The second-order valence-corrected chi connectivity index (χ2v) is 14.7. The van der Waals surface area contributed by atoms with E-state index < -0.39 is 0 Å². The molecule has 266 valence electrons. The van der Waals surface area contributed by atoms with Gasteiger partial charge in [-0.25, -0.2) is 0 Å². The molecule has 0 spiro atoms. The molecule has 1 aliphatic carbocycles. The smallest absolute Gasteiger partial charge is 0.0886 e. The van der Waals surface area contributed by atoms with Crippen molar-refractivity contribution in [1.29, 1.82) is 0 Å². The van der Waals surface area contributed by atoms with E-state index in [4.69, 9.17) is 4.98 Å². The van der Waals surface area contributed by atoms with E-state index in [2.05, 4.69) is 134 Å². The highest BCUT2D eigenvalue weighted by molar-refractivity contribution is 5.84. The van der Waals surface area contributed by atoms with Gasteiger partial charge in [-0.3, -0.25) is 9.97 Å². The highest BCUT2D eigenvalue weighted by Gasteiger charge is 2.42. The van der Waals surface area contributed by atoms with Gasteiger partial charge in [-0.15, -0.1) is 0 Å². The SMILES string of the molecule is CCCCCCC1(CCCCCC)c2ccccc2-c2ccc(-c3ccc(/C=C/c4ccc(-c5ccc(/C=C/c6ccccc6)cn5)nc4)cc3)cc21. The fraction of sp³-hybridized carbons (Fsp3) is 0.255. The van der Waals surface area contributed by atoms with Crippen LogP contribution in [0.1, 0.15) is 111 Å². The first-order valence-electron chi connectivity index (χ1n) is 19.9. The number of hydrogen-bond donors (Lipinski definition) is 0. The second-order valence-electron chi connectivity index (χ2n) is 14.7. The predicted octanol–water partition coefficient (Wildman–Crippen LogP) is 14.4. The molecule has 6 aromatic rings. The molecule has 7 rings (SSSR count).